The van der Waals surface area contributed by atoms with Gasteiger partial charge in [0, 0.05) is 38.3 Å². The molecule has 0 saturated heterocycles. The summed E-state index contributed by atoms with van der Waals surface area (Å²) in [5.41, 5.74) is 22.3. The molecule has 0 spiro atoms. The third-order valence-corrected chi connectivity index (χ3v) is 15.1. The van der Waals surface area contributed by atoms with Crippen LogP contribution >= 0.6 is 0 Å². The summed E-state index contributed by atoms with van der Waals surface area (Å²) in [6, 6.07) is 89.8. The van der Waals surface area contributed by atoms with Gasteiger partial charge in [0.05, 0.1) is 22.1 Å². The third kappa shape index (κ3) is 6.19. The summed E-state index contributed by atoms with van der Waals surface area (Å²) < 4.78 is 4.78. The summed E-state index contributed by atoms with van der Waals surface area (Å²) in [4.78, 5) is 0. The molecule has 0 bridgehead atoms. The lowest BCUT2D eigenvalue weighted by Gasteiger charge is -2.22. The molecule has 0 amide bonds. The Labute approximate surface area is 401 Å². The maximum absolute atomic E-state index is 2.43. The Bertz CT molecular complexity index is 4180. The van der Waals surface area contributed by atoms with E-state index < -0.39 is 0 Å². The van der Waals surface area contributed by atoms with Gasteiger partial charge in [-0.1, -0.05) is 184 Å². The van der Waals surface area contributed by atoms with Crippen molar-refractivity contribution in [3.05, 3.63) is 254 Å². The minimum absolute atomic E-state index is 0.146. The number of hydrogen-bond acceptors (Lipinski definition) is 0. The van der Waals surface area contributed by atoms with Gasteiger partial charge in [-0.3, -0.25) is 0 Å². The molecule has 324 valence electrons. The summed E-state index contributed by atoms with van der Waals surface area (Å²) in [7, 11) is 0. The summed E-state index contributed by atoms with van der Waals surface area (Å²) in [5.74, 6) is 0. The fraction of sp³-hybridized carbons (Fsp3) is 0.0448. The average molecular weight is 879 g/mol. The van der Waals surface area contributed by atoms with Crippen LogP contribution < -0.4 is 0 Å². The number of aromatic nitrogens is 2. The molecule has 0 N–H and O–H groups in total. The number of hydrogen-bond donors (Lipinski definition) is 0. The van der Waals surface area contributed by atoms with Crippen molar-refractivity contribution in [2.75, 3.05) is 0 Å². The van der Waals surface area contributed by atoms with Crippen molar-refractivity contribution >= 4 is 54.4 Å². The molecule has 11 aromatic carbocycles. The Balaban J connectivity index is 0.739. The number of para-hydroxylation sites is 3. The van der Waals surface area contributed by atoms with E-state index in [0.29, 0.717) is 0 Å². The Morgan fingerprint density at radius 2 is 0.652 bits per heavy atom. The molecule has 13 aromatic rings. The number of rotatable bonds is 6. The molecule has 0 aliphatic heterocycles. The standard InChI is InChI=1S/C67H46N2/c1-67(2)61-41-51(46-24-20-44(21-25-46)49-31-36-65-59(39-49)57-16-8-10-18-63(57)68(65)53-14-4-3-5-15-53)29-34-55(61)56-35-30-52(42-62(56)67)47-26-22-45(23-27-47)50-32-37-66-60(40-50)58-17-9-11-19-64(58)69(66)54-33-28-43-12-6-7-13-48(43)38-54/h3-42H,1-2H3. The van der Waals surface area contributed by atoms with Crippen molar-refractivity contribution in [2.24, 2.45) is 0 Å². The SMILES string of the molecule is CC1(C)c2cc(-c3ccc(-c4ccc5c(c4)c4ccccc4n5-c4ccccc4)cc3)ccc2-c2ccc(-c3ccc(-c4ccc5c(c4)c4ccccc4n5-c4ccc5ccccc5c4)cc3)cc21. The van der Waals surface area contributed by atoms with Gasteiger partial charge in [0.25, 0.3) is 0 Å². The Morgan fingerprint density at radius 3 is 1.17 bits per heavy atom. The van der Waals surface area contributed by atoms with Crippen LogP contribution in [-0.2, 0) is 5.41 Å². The lowest BCUT2D eigenvalue weighted by Crippen LogP contribution is -2.15. The zero-order valence-electron chi connectivity index (χ0n) is 38.5. The molecule has 2 aromatic heterocycles. The molecular formula is C67H46N2. The van der Waals surface area contributed by atoms with E-state index >= 15 is 0 Å². The van der Waals surface area contributed by atoms with E-state index in [0.717, 1.165) is 0 Å². The summed E-state index contributed by atoms with van der Waals surface area (Å²) in [5, 5.41) is 7.56. The minimum atomic E-state index is -0.146. The molecule has 69 heavy (non-hydrogen) atoms. The van der Waals surface area contributed by atoms with Crippen molar-refractivity contribution < 1.29 is 0 Å². The first-order valence-electron chi connectivity index (χ1n) is 24.1. The molecule has 1 aliphatic carbocycles. The van der Waals surface area contributed by atoms with Gasteiger partial charge >= 0.3 is 0 Å². The smallest absolute Gasteiger partial charge is 0.0541 e. The highest BCUT2D eigenvalue weighted by Gasteiger charge is 2.36. The van der Waals surface area contributed by atoms with Gasteiger partial charge in [0.1, 0.15) is 0 Å². The summed E-state index contributed by atoms with van der Waals surface area (Å²) in [6.45, 7) is 4.77. The average Bonchev–Trinajstić information content (AvgIpc) is 4.00. The molecule has 0 fully saturated rings. The number of nitrogens with zero attached hydrogens (tertiary/aromatic N) is 2. The van der Waals surface area contributed by atoms with Gasteiger partial charge in [-0.05, 0) is 150 Å². The van der Waals surface area contributed by atoms with Gasteiger partial charge in [-0.2, -0.15) is 0 Å². The topological polar surface area (TPSA) is 9.86 Å². The predicted molar refractivity (Wildman–Crippen MR) is 292 cm³/mol. The molecule has 0 unspecified atom stereocenters. The number of fused-ring (bicyclic) bond motifs is 10. The molecule has 1 aliphatic rings. The molecule has 2 heterocycles. The third-order valence-electron chi connectivity index (χ3n) is 15.1. The zero-order valence-corrected chi connectivity index (χ0v) is 38.5. The van der Waals surface area contributed by atoms with Gasteiger partial charge in [-0.15, -0.1) is 0 Å². The zero-order chi connectivity index (χ0) is 45.8. The monoisotopic (exact) mass is 878 g/mol. The van der Waals surface area contributed by atoms with Crippen LogP contribution in [0.3, 0.4) is 0 Å². The lowest BCUT2D eigenvalue weighted by molar-refractivity contribution is 0.661. The quantitative estimate of drug-likeness (QED) is 0.157. The first kappa shape index (κ1) is 39.4. The molecular weight excluding hydrogens is 833 g/mol. The van der Waals surface area contributed by atoms with Crippen molar-refractivity contribution in [3.8, 4) is 67.0 Å². The van der Waals surface area contributed by atoms with E-state index in [1.807, 2.05) is 0 Å². The van der Waals surface area contributed by atoms with Crippen molar-refractivity contribution in [1.29, 1.82) is 0 Å². The van der Waals surface area contributed by atoms with E-state index in [-0.39, 0.29) is 5.41 Å². The van der Waals surface area contributed by atoms with Crippen LogP contribution in [0.4, 0.5) is 0 Å². The van der Waals surface area contributed by atoms with Gasteiger partial charge in [0.2, 0.25) is 0 Å². The van der Waals surface area contributed by atoms with Crippen LogP contribution in [0.15, 0.2) is 243 Å². The fourth-order valence-corrected chi connectivity index (χ4v) is 11.6. The van der Waals surface area contributed by atoms with Gasteiger partial charge < -0.3 is 9.13 Å². The van der Waals surface area contributed by atoms with Crippen molar-refractivity contribution in [2.45, 2.75) is 19.3 Å². The minimum Gasteiger partial charge on any atom is -0.309 e. The van der Waals surface area contributed by atoms with Crippen molar-refractivity contribution in [3.63, 3.8) is 0 Å². The van der Waals surface area contributed by atoms with E-state index in [9.17, 15) is 0 Å². The highest BCUT2D eigenvalue weighted by molar-refractivity contribution is 6.12. The van der Waals surface area contributed by atoms with Crippen LogP contribution in [0, 0.1) is 0 Å². The second-order valence-corrected chi connectivity index (χ2v) is 19.3. The lowest BCUT2D eigenvalue weighted by atomic mass is 9.80. The molecule has 2 heteroatoms. The fourth-order valence-electron chi connectivity index (χ4n) is 11.6. The second-order valence-electron chi connectivity index (χ2n) is 19.3. The normalized spacial score (nSPS) is 12.9. The Morgan fingerprint density at radius 1 is 0.261 bits per heavy atom. The van der Waals surface area contributed by atoms with E-state index in [1.165, 1.54) is 133 Å². The first-order valence-corrected chi connectivity index (χ1v) is 24.1. The van der Waals surface area contributed by atoms with Crippen LogP contribution in [-0.4, -0.2) is 9.13 Å². The summed E-state index contributed by atoms with van der Waals surface area (Å²) in [6.07, 6.45) is 0. The van der Waals surface area contributed by atoms with Crippen molar-refractivity contribution in [1.82, 2.24) is 9.13 Å². The van der Waals surface area contributed by atoms with E-state index in [1.54, 1.807) is 0 Å². The first-order chi connectivity index (χ1) is 33.9. The van der Waals surface area contributed by atoms with E-state index in [2.05, 4.69) is 266 Å². The Hall–Kier alpha value is -8.72. The molecule has 2 nitrogen and oxygen atoms in total. The predicted octanol–water partition coefficient (Wildman–Crippen LogP) is 18.0. The van der Waals surface area contributed by atoms with Crippen LogP contribution in [0.1, 0.15) is 25.0 Å². The van der Waals surface area contributed by atoms with Crippen LogP contribution in [0.5, 0.6) is 0 Å². The molecule has 0 atom stereocenters. The van der Waals surface area contributed by atoms with Gasteiger partial charge in [0.15, 0.2) is 0 Å². The largest absolute Gasteiger partial charge is 0.309 e. The van der Waals surface area contributed by atoms with Crippen LogP contribution in [0.2, 0.25) is 0 Å². The molecule has 0 saturated carbocycles. The maximum atomic E-state index is 2.43. The Kier molecular flexibility index (Phi) is 8.66. The second kappa shape index (κ2) is 15.2. The maximum Gasteiger partial charge on any atom is 0.0541 e. The summed E-state index contributed by atoms with van der Waals surface area (Å²) >= 11 is 0. The highest BCUT2D eigenvalue weighted by atomic mass is 15.0. The molecule has 14 rings (SSSR count). The van der Waals surface area contributed by atoms with E-state index in [4.69, 9.17) is 0 Å². The number of benzene rings is 11. The molecule has 0 radical (unpaired) electrons. The van der Waals surface area contributed by atoms with Gasteiger partial charge in [-0.25, -0.2) is 0 Å². The van der Waals surface area contributed by atoms with Crippen LogP contribution in [0.25, 0.3) is 121 Å². The highest BCUT2D eigenvalue weighted by Crippen LogP contribution is 2.51.